The number of hydrogen-bond acceptors (Lipinski definition) is 4. The van der Waals surface area contributed by atoms with Crippen molar-refractivity contribution in [2.75, 3.05) is 11.0 Å². The molecule has 0 radical (unpaired) electrons. The molecular weight excluding hydrogens is 421 g/mol. The molecule has 3 aromatic rings. The highest BCUT2D eigenvalue weighted by molar-refractivity contribution is 7.92. The minimum absolute atomic E-state index is 0.165. The van der Waals surface area contributed by atoms with Gasteiger partial charge in [-0.1, -0.05) is 0 Å². The first-order valence-corrected chi connectivity index (χ1v) is 10.5. The first-order chi connectivity index (χ1) is 13.9. The number of ether oxygens (including phenoxy) is 1. The van der Waals surface area contributed by atoms with Gasteiger partial charge in [0.1, 0.15) is 11.5 Å². The van der Waals surface area contributed by atoms with E-state index in [1.165, 1.54) is 41.0 Å². The molecule has 0 aliphatic carbocycles. The molecule has 158 valence electrons. The van der Waals surface area contributed by atoms with Crippen LogP contribution in [0.15, 0.2) is 65.6 Å². The summed E-state index contributed by atoms with van der Waals surface area (Å²) in [5, 5.41) is 0. The second kappa shape index (κ2) is 7.86. The molecule has 0 bridgehead atoms. The first-order valence-electron chi connectivity index (χ1n) is 8.56. The van der Waals surface area contributed by atoms with Gasteiger partial charge < -0.3 is 9.30 Å². The maximum absolute atomic E-state index is 12.8. The zero-order valence-electron chi connectivity index (χ0n) is 15.9. The minimum atomic E-state index is -4.46. The van der Waals surface area contributed by atoms with Crippen LogP contribution < -0.4 is 15.0 Å². The Labute approximate surface area is 170 Å². The highest BCUT2D eigenvalue weighted by Gasteiger charge is 2.30. The molecule has 0 spiro atoms. The second-order valence-electron chi connectivity index (χ2n) is 6.58. The molecule has 0 amide bonds. The maximum Gasteiger partial charge on any atom is 0.416 e. The highest BCUT2D eigenvalue weighted by Crippen LogP contribution is 2.36. The monoisotopic (exact) mass is 438 g/mol. The summed E-state index contributed by atoms with van der Waals surface area (Å²) in [5.41, 5.74) is 0.214. The Morgan fingerprint density at radius 3 is 2.23 bits per heavy atom. The van der Waals surface area contributed by atoms with Crippen molar-refractivity contribution in [3.63, 3.8) is 0 Å². The lowest BCUT2D eigenvalue weighted by Gasteiger charge is -2.15. The van der Waals surface area contributed by atoms with Crippen LogP contribution >= 0.6 is 0 Å². The highest BCUT2D eigenvalue weighted by atomic mass is 32.2. The number of nitrogens with zero attached hydrogens (tertiary/aromatic N) is 1. The van der Waals surface area contributed by atoms with Crippen LogP contribution in [0.4, 0.5) is 18.9 Å². The molecule has 0 unspecified atom stereocenters. The molecule has 0 aliphatic heterocycles. The predicted molar refractivity (Wildman–Crippen MR) is 107 cm³/mol. The lowest BCUT2D eigenvalue weighted by atomic mass is 10.1. The average molecular weight is 438 g/mol. The van der Waals surface area contributed by atoms with Crippen LogP contribution in [0, 0.1) is 0 Å². The topological polar surface area (TPSA) is 77.4 Å². The van der Waals surface area contributed by atoms with Gasteiger partial charge in [-0.05, 0) is 48.5 Å². The van der Waals surface area contributed by atoms with Gasteiger partial charge in [-0.2, -0.15) is 13.2 Å². The Balaban J connectivity index is 2.04. The van der Waals surface area contributed by atoms with Crippen molar-refractivity contribution < 1.29 is 26.3 Å². The Hall–Kier alpha value is -3.27. The van der Waals surface area contributed by atoms with E-state index in [4.69, 9.17) is 4.74 Å². The Morgan fingerprint density at radius 2 is 1.67 bits per heavy atom. The summed E-state index contributed by atoms with van der Waals surface area (Å²) in [7, 11) is -1.98. The fourth-order valence-electron chi connectivity index (χ4n) is 2.71. The van der Waals surface area contributed by atoms with Gasteiger partial charge in [0.25, 0.3) is 0 Å². The number of anilines is 1. The molecular formula is C20H17F3N2O4S. The van der Waals surface area contributed by atoms with Crippen LogP contribution in [0.25, 0.3) is 11.1 Å². The number of sulfonamides is 1. The van der Waals surface area contributed by atoms with Gasteiger partial charge in [-0.25, -0.2) is 8.42 Å². The third-order valence-electron chi connectivity index (χ3n) is 4.09. The number of rotatable bonds is 5. The first kappa shape index (κ1) is 21.4. The normalized spacial score (nSPS) is 11.9. The molecule has 1 heterocycles. The fraction of sp³-hybridized carbons (Fsp3) is 0.150. The molecule has 1 N–H and O–H groups in total. The molecule has 30 heavy (non-hydrogen) atoms. The zero-order chi connectivity index (χ0) is 22.1. The molecule has 10 heteroatoms. The van der Waals surface area contributed by atoms with E-state index in [0.29, 0.717) is 11.1 Å². The van der Waals surface area contributed by atoms with Gasteiger partial charge in [0.05, 0.1) is 11.8 Å². The Bertz CT molecular complexity index is 1230. The fourth-order valence-corrected chi connectivity index (χ4v) is 3.27. The number of aryl methyl sites for hydroxylation is 1. The molecule has 0 saturated carbocycles. The van der Waals surface area contributed by atoms with Gasteiger partial charge in [0.15, 0.2) is 0 Å². The van der Waals surface area contributed by atoms with Crippen molar-refractivity contribution in [1.82, 2.24) is 4.57 Å². The van der Waals surface area contributed by atoms with Crippen molar-refractivity contribution in [3.8, 4) is 22.6 Å². The van der Waals surface area contributed by atoms with E-state index in [9.17, 15) is 26.4 Å². The van der Waals surface area contributed by atoms with Crippen LogP contribution in [0.2, 0.25) is 0 Å². The molecule has 0 aliphatic rings. The molecule has 0 atom stereocenters. The second-order valence-corrected chi connectivity index (χ2v) is 8.32. The van der Waals surface area contributed by atoms with E-state index in [1.807, 2.05) is 0 Å². The third-order valence-corrected chi connectivity index (χ3v) is 4.70. The number of aromatic nitrogens is 1. The number of nitrogens with one attached hydrogen (secondary N) is 1. The van der Waals surface area contributed by atoms with E-state index < -0.39 is 21.8 Å². The Morgan fingerprint density at radius 1 is 1.00 bits per heavy atom. The van der Waals surface area contributed by atoms with Crippen LogP contribution in [0.5, 0.6) is 11.5 Å². The van der Waals surface area contributed by atoms with Gasteiger partial charge in [0, 0.05) is 36.1 Å². The average Bonchev–Trinajstić information content (AvgIpc) is 2.64. The number of halogens is 3. The van der Waals surface area contributed by atoms with Gasteiger partial charge in [-0.3, -0.25) is 9.52 Å². The molecule has 3 rings (SSSR count). The molecule has 6 nitrogen and oxygen atoms in total. The lowest BCUT2D eigenvalue weighted by Crippen LogP contribution is -2.14. The van der Waals surface area contributed by atoms with Crippen LogP contribution in [0.1, 0.15) is 5.56 Å². The summed E-state index contributed by atoms with van der Waals surface area (Å²) in [4.78, 5) is 11.7. The van der Waals surface area contributed by atoms with E-state index in [2.05, 4.69) is 4.72 Å². The summed E-state index contributed by atoms with van der Waals surface area (Å²) in [6.07, 6.45) is -1.91. The molecule has 0 fully saturated rings. The summed E-state index contributed by atoms with van der Waals surface area (Å²) in [6, 6.07) is 11.5. The predicted octanol–water partition coefficient (Wildman–Crippen LogP) is 4.23. The van der Waals surface area contributed by atoms with Crippen LogP contribution in [-0.4, -0.2) is 19.2 Å². The quantitative estimate of drug-likeness (QED) is 0.647. The molecule has 1 aromatic heterocycles. The number of benzene rings is 2. The lowest BCUT2D eigenvalue weighted by molar-refractivity contribution is -0.137. The summed E-state index contributed by atoms with van der Waals surface area (Å²) < 4.78 is 70.8. The van der Waals surface area contributed by atoms with Gasteiger partial charge >= 0.3 is 6.18 Å². The van der Waals surface area contributed by atoms with E-state index in [0.717, 1.165) is 18.4 Å². The van der Waals surface area contributed by atoms with E-state index >= 15 is 0 Å². The summed E-state index contributed by atoms with van der Waals surface area (Å²) >= 11 is 0. The van der Waals surface area contributed by atoms with Crippen molar-refractivity contribution in [3.05, 3.63) is 76.7 Å². The van der Waals surface area contributed by atoms with E-state index in [1.54, 1.807) is 19.3 Å². The zero-order valence-corrected chi connectivity index (χ0v) is 16.7. The van der Waals surface area contributed by atoms with Crippen molar-refractivity contribution in [2.45, 2.75) is 6.18 Å². The minimum Gasteiger partial charge on any atom is -0.457 e. The summed E-state index contributed by atoms with van der Waals surface area (Å²) in [6.45, 7) is 0. The molecule has 2 aromatic carbocycles. The summed E-state index contributed by atoms with van der Waals surface area (Å²) in [5.74, 6) is 0.436. The largest absolute Gasteiger partial charge is 0.457 e. The number of pyridine rings is 1. The SMILES string of the molecule is Cn1cc(-c2cc(NS(C)(=O)=O)ccc2Oc2ccc(C(F)(F)F)cc2)ccc1=O. The molecule has 0 saturated heterocycles. The number of hydrogen-bond donors (Lipinski definition) is 1. The van der Waals surface area contributed by atoms with Crippen molar-refractivity contribution >= 4 is 15.7 Å². The van der Waals surface area contributed by atoms with Crippen LogP contribution in [-0.2, 0) is 23.2 Å². The Kier molecular flexibility index (Phi) is 5.62. The van der Waals surface area contributed by atoms with Crippen LogP contribution in [0.3, 0.4) is 0 Å². The standard InChI is InChI=1S/C20H17F3N2O4S/c1-25-12-13(3-10-19(25)26)17-11-15(24-30(2,27)28)6-9-18(17)29-16-7-4-14(5-8-16)20(21,22)23/h3-12,24H,1-2H3. The van der Waals surface area contributed by atoms with Gasteiger partial charge in [0.2, 0.25) is 15.6 Å². The maximum atomic E-state index is 12.8. The van der Waals surface area contributed by atoms with Crippen molar-refractivity contribution in [1.29, 1.82) is 0 Å². The smallest absolute Gasteiger partial charge is 0.416 e. The third kappa shape index (κ3) is 5.20. The number of alkyl halides is 3. The van der Waals surface area contributed by atoms with Gasteiger partial charge in [-0.15, -0.1) is 0 Å². The van der Waals surface area contributed by atoms with Crippen molar-refractivity contribution in [2.24, 2.45) is 7.05 Å². The van der Waals surface area contributed by atoms with E-state index in [-0.39, 0.29) is 22.7 Å².